The number of benzene rings is 2. The molecule has 0 unspecified atom stereocenters. The maximum Gasteiger partial charge on any atom is 0.327 e. The molecule has 2 saturated carbocycles. The number of fused-ring (bicyclic) bond motifs is 1. The number of aromatic hydroxyl groups is 2. The van der Waals surface area contributed by atoms with Crippen molar-refractivity contribution in [3.63, 3.8) is 0 Å². The Hall–Kier alpha value is -3.10. The van der Waals surface area contributed by atoms with Crippen molar-refractivity contribution in [3.05, 3.63) is 59.2 Å². The van der Waals surface area contributed by atoms with Crippen molar-refractivity contribution < 1.29 is 24.9 Å². The molecule has 2 aliphatic heterocycles. The molecule has 2 aromatic rings. The number of phenolic OH excluding ortho intramolecular Hbond substituents is 2. The van der Waals surface area contributed by atoms with Gasteiger partial charge in [0.25, 0.3) is 5.91 Å². The Bertz CT molecular complexity index is 1340. The zero-order valence-corrected chi connectivity index (χ0v) is 22.5. The van der Waals surface area contributed by atoms with Crippen LogP contribution in [0.3, 0.4) is 0 Å². The number of urea groups is 1. The number of imide groups is 1. The van der Waals surface area contributed by atoms with E-state index in [4.69, 9.17) is 0 Å². The number of carbonyl (C=O) groups excluding carboxylic acids is 2. The van der Waals surface area contributed by atoms with Gasteiger partial charge in [-0.3, -0.25) is 14.6 Å². The highest BCUT2D eigenvalue weighted by Crippen LogP contribution is 2.62. The standard InChI is InChI=1S/C31H37N3O5/c1-2-34-28(38)33(18-21-5-8-23(35)9-6-21)27(37)30(34)11-12-31(39)26-15-22-7-10-24(36)16-25(22)29(31,19-30)13-14-32(26)17-20-3-4-20/h5-10,16,20,26,35-36,39H,2-4,11-15,17-19H2,1H3/t26-,29-,30+,31-/m1/s1. The molecule has 39 heavy (non-hydrogen) atoms. The van der Waals surface area contributed by atoms with Crippen LogP contribution in [0.1, 0.15) is 62.1 Å². The Balaban J connectivity index is 1.31. The van der Waals surface area contributed by atoms with Gasteiger partial charge in [0, 0.05) is 24.5 Å². The molecule has 5 aliphatic rings. The molecule has 3 N–H and O–H groups in total. The minimum Gasteiger partial charge on any atom is -0.508 e. The van der Waals surface area contributed by atoms with E-state index in [0.29, 0.717) is 38.1 Å². The number of likely N-dealkylation sites (N-methyl/N-ethyl adjacent to an activating group) is 1. The summed E-state index contributed by atoms with van der Waals surface area (Å²) in [5, 5.41) is 33.0. The van der Waals surface area contributed by atoms with Gasteiger partial charge < -0.3 is 20.2 Å². The summed E-state index contributed by atoms with van der Waals surface area (Å²) >= 11 is 0. The van der Waals surface area contributed by atoms with Crippen molar-refractivity contribution in [3.8, 4) is 11.5 Å². The highest BCUT2D eigenvalue weighted by atomic mass is 16.3. The number of hydrogen-bond donors (Lipinski definition) is 3. The van der Waals surface area contributed by atoms with E-state index < -0.39 is 16.6 Å². The quantitative estimate of drug-likeness (QED) is 0.510. The second-order valence-corrected chi connectivity index (χ2v) is 12.5. The topological polar surface area (TPSA) is 105 Å². The van der Waals surface area contributed by atoms with E-state index in [9.17, 15) is 24.9 Å². The molecule has 2 aromatic carbocycles. The molecule has 8 nitrogen and oxygen atoms in total. The molecule has 206 valence electrons. The Labute approximate surface area is 228 Å². The molecule has 2 bridgehead atoms. The average Bonchev–Trinajstić information content (AvgIpc) is 3.72. The fourth-order valence-corrected chi connectivity index (χ4v) is 8.52. The van der Waals surface area contributed by atoms with Crippen LogP contribution in [0.2, 0.25) is 0 Å². The highest BCUT2D eigenvalue weighted by molar-refractivity contribution is 6.07. The van der Waals surface area contributed by atoms with Crippen molar-refractivity contribution in [2.24, 2.45) is 5.92 Å². The minimum absolute atomic E-state index is 0.0448. The predicted octanol–water partition coefficient (Wildman–Crippen LogP) is 3.51. The van der Waals surface area contributed by atoms with Gasteiger partial charge >= 0.3 is 6.03 Å². The van der Waals surface area contributed by atoms with Crippen molar-refractivity contribution in [1.82, 2.24) is 14.7 Å². The summed E-state index contributed by atoms with van der Waals surface area (Å²) in [6, 6.07) is 11.8. The third kappa shape index (κ3) is 3.43. The zero-order chi connectivity index (χ0) is 27.2. The summed E-state index contributed by atoms with van der Waals surface area (Å²) in [5.74, 6) is 0.800. The normalized spacial score (nSPS) is 33.9. The van der Waals surface area contributed by atoms with Gasteiger partial charge in [-0.2, -0.15) is 0 Å². The first-order valence-corrected chi connectivity index (χ1v) is 14.4. The molecule has 2 heterocycles. The summed E-state index contributed by atoms with van der Waals surface area (Å²) in [4.78, 5) is 33.7. The lowest BCUT2D eigenvalue weighted by Gasteiger charge is -2.66. The Morgan fingerprint density at radius 2 is 1.72 bits per heavy atom. The summed E-state index contributed by atoms with van der Waals surface area (Å²) in [7, 11) is 0. The lowest BCUT2D eigenvalue weighted by Crippen LogP contribution is -2.76. The number of likely N-dealkylation sites (tertiary alicyclic amines) is 1. The molecule has 0 radical (unpaired) electrons. The van der Waals surface area contributed by atoms with E-state index in [0.717, 1.165) is 36.2 Å². The molecule has 0 aromatic heterocycles. The van der Waals surface area contributed by atoms with Crippen molar-refractivity contribution in [2.45, 2.75) is 81.0 Å². The molecule has 4 atom stereocenters. The summed E-state index contributed by atoms with van der Waals surface area (Å²) in [6.45, 7) is 4.29. The average molecular weight is 532 g/mol. The van der Waals surface area contributed by atoms with Gasteiger partial charge in [0.1, 0.15) is 17.0 Å². The first-order valence-electron chi connectivity index (χ1n) is 14.4. The van der Waals surface area contributed by atoms with Gasteiger partial charge in [0.2, 0.25) is 0 Å². The molecular formula is C31H37N3O5. The van der Waals surface area contributed by atoms with Crippen LogP contribution in [0.15, 0.2) is 42.5 Å². The number of aliphatic hydroxyl groups is 1. The lowest BCUT2D eigenvalue weighted by molar-refractivity contribution is -0.188. The Morgan fingerprint density at radius 3 is 2.44 bits per heavy atom. The molecule has 3 amide bonds. The summed E-state index contributed by atoms with van der Waals surface area (Å²) in [6.07, 6.45) is 5.10. The van der Waals surface area contributed by atoms with E-state index in [1.807, 2.05) is 13.0 Å². The lowest BCUT2D eigenvalue weighted by atomic mass is 9.46. The third-order valence-corrected chi connectivity index (χ3v) is 10.6. The van der Waals surface area contributed by atoms with Gasteiger partial charge in [-0.15, -0.1) is 0 Å². The monoisotopic (exact) mass is 531 g/mol. The fourth-order valence-electron chi connectivity index (χ4n) is 8.52. The fraction of sp³-hybridized carbons (Fsp3) is 0.548. The number of rotatable bonds is 5. The van der Waals surface area contributed by atoms with Crippen LogP contribution in [0.25, 0.3) is 0 Å². The van der Waals surface area contributed by atoms with Gasteiger partial charge in [-0.25, -0.2) is 4.79 Å². The predicted molar refractivity (Wildman–Crippen MR) is 144 cm³/mol. The number of nitrogens with zero attached hydrogens (tertiary/aromatic N) is 3. The number of amides is 3. The number of carbonyl (C=O) groups is 2. The smallest absolute Gasteiger partial charge is 0.327 e. The largest absolute Gasteiger partial charge is 0.508 e. The van der Waals surface area contributed by atoms with Crippen molar-refractivity contribution in [2.75, 3.05) is 19.6 Å². The molecule has 3 aliphatic carbocycles. The van der Waals surface area contributed by atoms with E-state index in [2.05, 4.69) is 4.90 Å². The van der Waals surface area contributed by atoms with Gasteiger partial charge in [-0.05, 0) is 105 Å². The van der Waals surface area contributed by atoms with Crippen LogP contribution < -0.4 is 0 Å². The summed E-state index contributed by atoms with van der Waals surface area (Å²) in [5.41, 5.74) is 0.0209. The van der Waals surface area contributed by atoms with E-state index in [-0.39, 0.29) is 36.0 Å². The van der Waals surface area contributed by atoms with Crippen LogP contribution in [-0.2, 0) is 23.2 Å². The maximum atomic E-state index is 14.3. The third-order valence-electron chi connectivity index (χ3n) is 10.6. The molecule has 2 saturated heterocycles. The van der Waals surface area contributed by atoms with Crippen LogP contribution in [0, 0.1) is 5.92 Å². The van der Waals surface area contributed by atoms with Gasteiger partial charge in [0.15, 0.2) is 0 Å². The Kier molecular flexibility index (Phi) is 5.40. The number of phenols is 2. The minimum atomic E-state index is -1.04. The first-order chi connectivity index (χ1) is 18.7. The zero-order valence-electron chi connectivity index (χ0n) is 22.5. The Morgan fingerprint density at radius 1 is 0.974 bits per heavy atom. The molecule has 1 spiro atoms. The molecule has 7 rings (SSSR count). The molecule has 8 heteroatoms. The summed E-state index contributed by atoms with van der Waals surface area (Å²) < 4.78 is 0. The maximum absolute atomic E-state index is 14.3. The van der Waals surface area contributed by atoms with E-state index in [1.54, 1.807) is 41.3 Å². The van der Waals surface area contributed by atoms with Crippen LogP contribution in [0.5, 0.6) is 11.5 Å². The second-order valence-electron chi connectivity index (χ2n) is 12.5. The van der Waals surface area contributed by atoms with Crippen molar-refractivity contribution in [1.29, 1.82) is 0 Å². The van der Waals surface area contributed by atoms with Gasteiger partial charge in [0.05, 0.1) is 12.1 Å². The van der Waals surface area contributed by atoms with Crippen LogP contribution in [-0.4, -0.2) is 78.8 Å². The van der Waals surface area contributed by atoms with Crippen LogP contribution in [0.4, 0.5) is 4.79 Å². The highest BCUT2D eigenvalue weighted by Gasteiger charge is 2.71. The number of hydrogen-bond acceptors (Lipinski definition) is 6. The molecule has 4 fully saturated rings. The van der Waals surface area contributed by atoms with E-state index in [1.165, 1.54) is 17.7 Å². The van der Waals surface area contributed by atoms with Crippen LogP contribution >= 0.6 is 0 Å². The molecular weight excluding hydrogens is 494 g/mol. The second kappa shape index (κ2) is 8.45. The SMILES string of the molecule is CCN1C(=O)N(Cc2ccc(O)cc2)C(=O)[C@@]12CC[C@@]1(O)[C@H]3Cc4ccc(O)cc4[C@@]1(CCN3CC1CC1)C2. The van der Waals surface area contributed by atoms with E-state index >= 15 is 0 Å². The first kappa shape index (κ1) is 24.9. The van der Waals surface area contributed by atoms with Crippen molar-refractivity contribution >= 4 is 11.9 Å². The number of piperidine rings is 1. The van der Waals surface area contributed by atoms with Gasteiger partial charge in [-0.1, -0.05) is 18.2 Å².